The molecule has 2 aromatic heterocycles. The first kappa shape index (κ1) is 11.4. The van der Waals surface area contributed by atoms with Gasteiger partial charge in [-0.2, -0.15) is 9.61 Å². The van der Waals surface area contributed by atoms with Gasteiger partial charge in [-0.05, 0) is 35.9 Å². The summed E-state index contributed by atoms with van der Waals surface area (Å²) < 4.78 is 2.25. The molecule has 6 heteroatoms. The molecule has 0 saturated heterocycles. The first-order chi connectivity index (χ1) is 7.56. The van der Waals surface area contributed by atoms with Crippen LogP contribution in [0.15, 0.2) is 4.79 Å². The number of H-pyrrole nitrogens is 1. The number of hydrogen-bond acceptors (Lipinski definition) is 3. The summed E-state index contributed by atoms with van der Waals surface area (Å²) in [4.78, 5) is 14.5. The number of fused-ring (bicyclic) bond motifs is 1. The number of aryl methyl sites for hydroxylation is 1. The molecule has 2 heterocycles. The van der Waals surface area contributed by atoms with Crippen LogP contribution in [0.3, 0.4) is 0 Å². The van der Waals surface area contributed by atoms with E-state index in [4.69, 9.17) is 0 Å². The Balaban J connectivity index is 2.83. The van der Waals surface area contributed by atoms with Gasteiger partial charge in [0.15, 0.2) is 5.65 Å². The monoisotopic (exact) mass is 333 g/mol. The lowest BCUT2D eigenvalue weighted by Crippen LogP contribution is -2.15. The van der Waals surface area contributed by atoms with Crippen molar-refractivity contribution >= 4 is 28.2 Å². The molecule has 2 N–H and O–H groups in total. The van der Waals surface area contributed by atoms with E-state index in [0.29, 0.717) is 17.6 Å². The van der Waals surface area contributed by atoms with Crippen molar-refractivity contribution in [2.24, 2.45) is 0 Å². The number of nitrogens with zero attached hydrogens (tertiary/aromatic N) is 2. The van der Waals surface area contributed by atoms with E-state index in [1.807, 2.05) is 13.8 Å². The quantitative estimate of drug-likeness (QED) is 0.820. The Morgan fingerprint density at radius 2 is 2.25 bits per heavy atom. The third-order valence-corrected chi connectivity index (χ3v) is 3.76. The second-order valence-corrected chi connectivity index (χ2v) is 4.74. The number of hydrogen-bond donors (Lipinski definition) is 2. The Bertz CT molecular complexity index is 600. The molecule has 5 nitrogen and oxygen atoms in total. The molecule has 0 radical (unpaired) electrons. The lowest BCUT2D eigenvalue weighted by Gasteiger charge is -2.03. The summed E-state index contributed by atoms with van der Waals surface area (Å²) >= 11 is 2.10. The Morgan fingerprint density at radius 3 is 2.88 bits per heavy atom. The van der Waals surface area contributed by atoms with Gasteiger partial charge in [-0.3, -0.25) is 4.79 Å². The number of halogens is 1. The Morgan fingerprint density at radius 1 is 1.56 bits per heavy atom. The van der Waals surface area contributed by atoms with E-state index < -0.39 is 0 Å². The molecule has 0 aliphatic carbocycles. The maximum absolute atomic E-state index is 11.7. The van der Waals surface area contributed by atoms with E-state index in [1.165, 1.54) is 4.52 Å². The molecule has 0 amide bonds. The molecule has 0 spiro atoms. The molecule has 86 valence electrons. The Hall–Kier alpha value is -1.05. The van der Waals surface area contributed by atoms with Crippen LogP contribution in [0.1, 0.15) is 24.6 Å². The minimum Gasteiger partial charge on any atom is -0.493 e. The summed E-state index contributed by atoms with van der Waals surface area (Å²) in [5.74, 6) is -0.0494. The summed E-state index contributed by atoms with van der Waals surface area (Å²) in [6, 6.07) is 0. The zero-order chi connectivity index (χ0) is 11.9. The summed E-state index contributed by atoms with van der Waals surface area (Å²) in [6.07, 6.45) is 1.35. The fourth-order valence-electron chi connectivity index (χ4n) is 1.66. The second kappa shape index (κ2) is 4.08. The topological polar surface area (TPSA) is 70.4 Å². The van der Waals surface area contributed by atoms with Gasteiger partial charge in [0.2, 0.25) is 5.88 Å². The van der Waals surface area contributed by atoms with E-state index in [-0.39, 0.29) is 11.4 Å². The van der Waals surface area contributed by atoms with Crippen LogP contribution < -0.4 is 5.56 Å². The van der Waals surface area contributed by atoms with Crippen molar-refractivity contribution in [2.45, 2.75) is 26.7 Å². The molecular formula is C10H12IN3O2. The SMILES string of the molecule is CCCc1c(O)n2nc(C)c(I)c2[nH]c1=O. The number of rotatable bonds is 2. The molecule has 0 aliphatic rings. The molecule has 0 fully saturated rings. The van der Waals surface area contributed by atoms with Gasteiger partial charge in [0, 0.05) is 0 Å². The van der Waals surface area contributed by atoms with Crippen LogP contribution >= 0.6 is 22.6 Å². The fraction of sp³-hybridized carbons (Fsp3) is 0.400. The zero-order valence-electron chi connectivity index (χ0n) is 9.04. The summed E-state index contributed by atoms with van der Waals surface area (Å²) in [6.45, 7) is 3.80. The van der Waals surface area contributed by atoms with Crippen LogP contribution in [0.25, 0.3) is 5.65 Å². The van der Waals surface area contributed by atoms with Gasteiger partial charge in [-0.15, -0.1) is 0 Å². The largest absolute Gasteiger partial charge is 0.493 e. The molecular weight excluding hydrogens is 321 g/mol. The van der Waals surface area contributed by atoms with Crippen molar-refractivity contribution < 1.29 is 5.11 Å². The first-order valence-corrected chi connectivity index (χ1v) is 6.13. The van der Waals surface area contributed by atoms with Crippen LogP contribution in [-0.2, 0) is 6.42 Å². The van der Waals surface area contributed by atoms with Gasteiger partial charge in [-0.1, -0.05) is 13.3 Å². The van der Waals surface area contributed by atoms with Crippen LogP contribution in [0.5, 0.6) is 5.88 Å². The summed E-state index contributed by atoms with van der Waals surface area (Å²) in [7, 11) is 0. The minimum absolute atomic E-state index is 0.0494. The summed E-state index contributed by atoms with van der Waals surface area (Å²) in [5, 5.41) is 14.2. The van der Waals surface area contributed by atoms with Gasteiger partial charge < -0.3 is 10.1 Å². The number of nitrogens with one attached hydrogen (secondary N) is 1. The highest BCUT2D eigenvalue weighted by atomic mass is 127. The predicted octanol–water partition coefficient (Wildman–Crippen LogP) is 1.59. The molecule has 16 heavy (non-hydrogen) atoms. The second-order valence-electron chi connectivity index (χ2n) is 3.67. The van der Waals surface area contributed by atoms with Gasteiger partial charge >= 0.3 is 0 Å². The van der Waals surface area contributed by atoms with E-state index in [1.54, 1.807) is 0 Å². The van der Waals surface area contributed by atoms with Crippen molar-refractivity contribution in [3.63, 3.8) is 0 Å². The minimum atomic E-state index is -0.232. The van der Waals surface area contributed by atoms with E-state index >= 15 is 0 Å². The highest BCUT2D eigenvalue weighted by Crippen LogP contribution is 2.21. The maximum Gasteiger partial charge on any atom is 0.258 e. The van der Waals surface area contributed by atoms with Crippen LogP contribution in [0.2, 0.25) is 0 Å². The van der Waals surface area contributed by atoms with E-state index in [9.17, 15) is 9.90 Å². The Kier molecular flexibility index (Phi) is 2.92. The van der Waals surface area contributed by atoms with Crippen LogP contribution in [0, 0.1) is 10.5 Å². The number of aromatic nitrogens is 3. The van der Waals surface area contributed by atoms with Crippen molar-refractivity contribution in [3.8, 4) is 5.88 Å². The third kappa shape index (κ3) is 1.60. The van der Waals surface area contributed by atoms with Crippen LogP contribution in [0.4, 0.5) is 0 Å². The predicted molar refractivity (Wildman–Crippen MR) is 68.9 cm³/mol. The summed E-state index contributed by atoms with van der Waals surface area (Å²) in [5.41, 5.74) is 1.51. The van der Waals surface area contributed by atoms with Gasteiger partial charge in [0.25, 0.3) is 5.56 Å². The lowest BCUT2D eigenvalue weighted by atomic mass is 10.2. The lowest BCUT2D eigenvalue weighted by molar-refractivity contribution is 0.425. The van der Waals surface area contributed by atoms with E-state index in [0.717, 1.165) is 15.7 Å². The first-order valence-electron chi connectivity index (χ1n) is 5.05. The average Bonchev–Trinajstić information content (AvgIpc) is 2.52. The number of aromatic amines is 1. The van der Waals surface area contributed by atoms with Gasteiger partial charge in [-0.25, -0.2) is 0 Å². The van der Waals surface area contributed by atoms with Crippen molar-refractivity contribution in [1.82, 2.24) is 14.6 Å². The molecule has 0 atom stereocenters. The fourth-order valence-corrected chi connectivity index (χ4v) is 2.13. The Labute approximate surface area is 106 Å². The molecule has 2 rings (SSSR count). The highest BCUT2D eigenvalue weighted by Gasteiger charge is 2.15. The zero-order valence-corrected chi connectivity index (χ0v) is 11.2. The van der Waals surface area contributed by atoms with Gasteiger partial charge in [0.1, 0.15) is 0 Å². The molecule has 0 bridgehead atoms. The molecule has 2 aromatic rings. The normalized spacial score (nSPS) is 11.2. The smallest absolute Gasteiger partial charge is 0.258 e. The maximum atomic E-state index is 11.7. The number of aromatic hydroxyl groups is 1. The standard InChI is InChI=1S/C10H12IN3O2/c1-3-4-6-9(15)12-8-7(11)5(2)13-14(8)10(6)16/h16H,3-4H2,1-2H3,(H,12,15). The van der Waals surface area contributed by atoms with Crippen molar-refractivity contribution in [2.75, 3.05) is 0 Å². The van der Waals surface area contributed by atoms with Crippen LogP contribution in [-0.4, -0.2) is 19.7 Å². The van der Waals surface area contributed by atoms with E-state index in [2.05, 4.69) is 32.7 Å². The van der Waals surface area contributed by atoms with Gasteiger partial charge in [0.05, 0.1) is 14.8 Å². The highest BCUT2D eigenvalue weighted by molar-refractivity contribution is 14.1. The molecule has 0 aliphatic heterocycles. The third-order valence-electron chi connectivity index (χ3n) is 2.46. The molecule has 0 aromatic carbocycles. The molecule has 0 unspecified atom stereocenters. The molecule has 0 saturated carbocycles. The average molecular weight is 333 g/mol. The van der Waals surface area contributed by atoms with Crippen molar-refractivity contribution in [3.05, 3.63) is 25.2 Å². The van der Waals surface area contributed by atoms with Crippen molar-refractivity contribution in [1.29, 1.82) is 0 Å².